The smallest absolute Gasteiger partial charge is 0.187 e. The molecule has 0 aromatic heterocycles. The van der Waals surface area contributed by atoms with Crippen molar-refractivity contribution >= 4 is 0 Å². The molecule has 6 saturated heterocycles. The molecule has 0 amide bonds. The van der Waals surface area contributed by atoms with Crippen LogP contribution in [-0.2, 0) is 47.4 Å². The molecule has 21 heteroatoms. The van der Waals surface area contributed by atoms with Crippen molar-refractivity contribution in [2.75, 3.05) is 33.0 Å². The quantitative estimate of drug-likeness (QED) is 0.0880. The van der Waals surface area contributed by atoms with Crippen molar-refractivity contribution in [3.63, 3.8) is 0 Å². The van der Waals surface area contributed by atoms with E-state index in [9.17, 15) is 56.2 Å². The van der Waals surface area contributed by atoms with Crippen LogP contribution < -0.4 is 0 Å². The number of fused-ring (bicyclic) bond motifs is 4. The van der Waals surface area contributed by atoms with Gasteiger partial charge in [-0.3, -0.25) is 0 Å². The zero-order valence-corrected chi connectivity index (χ0v) is 42.6. The fourth-order valence-electron chi connectivity index (χ4n) is 16.9. The summed E-state index contributed by atoms with van der Waals surface area (Å²) in [7, 11) is 0. The highest BCUT2D eigenvalue weighted by Crippen LogP contribution is 2.80. The number of hydrogen-bond acceptors (Lipinski definition) is 21. The summed E-state index contributed by atoms with van der Waals surface area (Å²) in [4.78, 5) is 0. The third-order valence-electron chi connectivity index (χ3n) is 20.2. The maximum Gasteiger partial charge on any atom is 0.187 e. The second-order valence-corrected chi connectivity index (χ2v) is 24.8. The molecule has 72 heavy (non-hydrogen) atoms. The summed E-state index contributed by atoms with van der Waals surface area (Å²) >= 11 is 0. The van der Waals surface area contributed by atoms with Crippen molar-refractivity contribution in [3.8, 4) is 0 Å². The zero-order chi connectivity index (χ0) is 51.8. The first-order valence-electron chi connectivity index (χ1n) is 26.4. The first kappa shape index (κ1) is 54.3. The van der Waals surface area contributed by atoms with Crippen molar-refractivity contribution in [2.45, 2.75) is 228 Å². The van der Waals surface area contributed by atoms with E-state index in [-0.39, 0.29) is 59.2 Å². The van der Waals surface area contributed by atoms with Crippen LogP contribution in [0, 0.1) is 45.3 Å². The molecular formula is C51H82O21. The lowest BCUT2D eigenvalue weighted by atomic mass is 9.35. The van der Waals surface area contributed by atoms with Crippen LogP contribution in [0.25, 0.3) is 0 Å². The minimum Gasteiger partial charge on any atom is -0.394 e. The largest absolute Gasteiger partial charge is 0.394 e. The molecule has 6 aliphatic heterocycles. The summed E-state index contributed by atoms with van der Waals surface area (Å²) in [6.07, 6.45) is -17.5. The molecule has 0 aromatic rings. The minimum absolute atomic E-state index is 0.152. The van der Waals surface area contributed by atoms with Gasteiger partial charge in [0.2, 0.25) is 0 Å². The van der Waals surface area contributed by atoms with Gasteiger partial charge in [-0.2, -0.15) is 0 Å². The number of rotatable bonds is 11. The summed E-state index contributed by atoms with van der Waals surface area (Å²) in [5, 5.41) is 117. The molecule has 28 atom stereocenters. The normalized spacial score (nSPS) is 56.9. The molecule has 4 aliphatic carbocycles. The Morgan fingerprint density at radius 1 is 0.625 bits per heavy atom. The topological polar surface area (TPSA) is 315 Å². The molecule has 2 spiro atoms. The molecule has 6 heterocycles. The fraction of sp³-hybridized carbons (Fsp3) is 0.961. The minimum atomic E-state index is -1.82. The number of allylic oxidation sites excluding steroid dienone is 1. The van der Waals surface area contributed by atoms with Crippen LogP contribution in [0.2, 0.25) is 0 Å². The Morgan fingerprint density at radius 3 is 1.90 bits per heavy atom. The zero-order valence-electron chi connectivity index (χ0n) is 42.6. The molecule has 0 radical (unpaired) electrons. The standard InChI is InChI=1S/C51H82O21/c1-22(2)14-23-15-49(7,72-42-36(60)32(56)25(54)18-63-42)41-24-8-9-30-47(5)12-11-31(46(3,4)29(47)10-13-48(30,6)50(24)20-51(41,71-23)65-21-50)68-45-40(70-43-37(61)34(58)28(17-53)67-43)39(26(55)19-64-45)69-44-38(62)35(59)33(57)27(16-52)66-44/h14,23-45,52-62H,8-13,15-21H2,1-7H3/t23?,24-,25+,26+,27-,28+,29+,30-,31+,32+,33-,34+,35+,36-,37-,38-,39+,40-,41+,42+,43+,44+,45+,47+,48-,49+,50+,51+/m1/s1. The molecule has 10 aliphatic rings. The van der Waals surface area contributed by atoms with Crippen LogP contribution in [0.15, 0.2) is 11.6 Å². The van der Waals surface area contributed by atoms with Crippen molar-refractivity contribution in [1.82, 2.24) is 0 Å². The van der Waals surface area contributed by atoms with Crippen LogP contribution >= 0.6 is 0 Å². The van der Waals surface area contributed by atoms with Crippen molar-refractivity contribution in [1.29, 1.82) is 0 Å². The second-order valence-electron chi connectivity index (χ2n) is 24.8. The summed E-state index contributed by atoms with van der Waals surface area (Å²) in [6, 6.07) is 0. The van der Waals surface area contributed by atoms with Crippen LogP contribution in [0.1, 0.15) is 99.8 Å². The third-order valence-corrected chi connectivity index (χ3v) is 20.2. The van der Waals surface area contributed by atoms with Crippen LogP contribution in [0.3, 0.4) is 0 Å². The molecular weight excluding hydrogens is 949 g/mol. The van der Waals surface area contributed by atoms with E-state index in [0.29, 0.717) is 25.9 Å². The lowest BCUT2D eigenvalue weighted by Crippen LogP contribution is -2.68. The second kappa shape index (κ2) is 19.4. The van der Waals surface area contributed by atoms with E-state index < -0.39 is 141 Å². The molecule has 11 N–H and O–H groups in total. The predicted octanol–water partition coefficient (Wildman–Crippen LogP) is -0.931. The van der Waals surface area contributed by atoms with Gasteiger partial charge in [0.25, 0.3) is 0 Å². The van der Waals surface area contributed by atoms with E-state index in [2.05, 4.69) is 40.7 Å². The average molecular weight is 1030 g/mol. The number of ether oxygens (including phenoxy) is 10. The predicted molar refractivity (Wildman–Crippen MR) is 245 cm³/mol. The first-order chi connectivity index (χ1) is 33.9. The van der Waals surface area contributed by atoms with Gasteiger partial charge in [-0.15, -0.1) is 0 Å². The van der Waals surface area contributed by atoms with Gasteiger partial charge in [0, 0.05) is 24.2 Å². The van der Waals surface area contributed by atoms with Crippen molar-refractivity contribution < 1.29 is 104 Å². The maximum atomic E-state index is 11.5. The molecule has 10 rings (SSSR count). The highest BCUT2D eigenvalue weighted by Gasteiger charge is 2.81. The van der Waals surface area contributed by atoms with E-state index in [1.165, 1.54) is 0 Å². The average Bonchev–Trinajstić information content (AvgIpc) is 3.94. The lowest BCUT2D eigenvalue weighted by Gasteiger charge is -2.70. The van der Waals surface area contributed by atoms with E-state index in [1.54, 1.807) is 0 Å². The van der Waals surface area contributed by atoms with Gasteiger partial charge in [-0.25, -0.2) is 0 Å². The Hall–Kier alpha value is -1.10. The lowest BCUT2D eigenvalue weighted by molar-refractivity contribution is -0.380. The van der Waals surface area contributed by atoms with Crippen LogP contribution in [0.5, 0.6) is 0 Å². The van der Waals surface area contributed by atoms with Gasteiger partial charge in [0.15, 0.2) is 30.9 Å². The summed E-state index contributed by atoms with van der Waals surface area (Å²) in [5.41, 5.74) is -0.901. The van der Waals surface area contributed by atoms with E-state index in [1.807, 2.05) is 13.8 Å². The van der Waals surface area contributed by atoms with Gasteiger partial charge in [-0.05, 0) is 93.3 Å². The molecule has 2 bridgehead atoms. The van der Waals surface area contributed by atoms with Gasteiger partial charge < -0.3 is 104 Å². The van der Waals surface area contributed by atoms with Crippen LogP contribution in [0.4, 0.5) is 0 Å². The van der Waals surface area contributed by atoms with Gasteiger partial charge >= 0.3 is 0 Å². The Kier molecular flexibility index (Phi) is 14.6. The van der Waals surface area contributed by atoms with E-state index >= 15 is 0 Å². The van der Waals surface area contributed by atoms with Gasteiger partial charge in [0.05, 0.1) is 50.8 Å². The van der Waals surface area contributed by atoms with Crippen molar-refractivity contribution in [3.05, 3.63) is 11.6 Å². The van der Waals surface area contributed by atoms with E-state index in [0.717, 1.165) is 37.7 Å². The first-order valence-corrected chi connectivity index (χ1v) is 26.4. The van der Waals surface area contributed by atoms with Gasteiger partial charge in [0.1, 0.15) is 79.4 Å². The third kappa shape index (κ3) is 8.36. The molecule has 0 aromatic carbocycles. The van der Waals surface area contributed by atoms with Gasteiger partial charge in [-0.1, -0.05) is 39.3 Å². The summed E-state index contributed by atoms with van der Waals surface area (Å²) in [5.74, 6) is -0.585. The molecule has 10 fully saturated rings. The Bertz CT molecular complexity index is 1970. The Balaban J connectivity index is 0.910. The molecule has 21 nitrogen and oxygen atoms in total. The monoisotopic (exact) mass is 1030 g/mol. The highest BCUT2D eigenvalue weighted by molar-refractivity contribution is 5.27. The number of aliphatic hydroxyl groups excluding tert-OH is 11. The fourth-order valence-corrected chi connectivity index (χ4v) is 16.9. The Labute approximate surface area is 420 Å². The summed E-state index contributed by atoms with van der Waals surface area (Å²) < 4.78 is 64.1. The SMILES string of the molecule is CC(C)=CC1C[C@](C)(O[C@@H]2OC[C@H](O)[C@H](O)[C@H]2O)[C@@H]2[C@H]3CC[C@@H]4[C@@]5(C)CC[C@H](O[C@@H]6OC[C@H](O)[C@H](O[C@@H]7O[C@H](CO)[C@@H](O)[C@H](O)[C@H]7O)[C@H]6O[C@@H]6O[C@@H](CO)[C@H](O)[C@H]6O)C(C)(C)[C@@H]5CC[C@@]4(C)[C@@]34CO[C@@]2(C4)O1. The maximum absolute atomic E-state index is 11.5. The number of hydrogen-bond donors (Lipinski definition) is 11. The van der Waals surface area contributed by atoms with Crippen LogP contribution in [-0.4, -0.2) is 217 Å². The molecule has 412 valence electrons. The summed E-state index contributed by atoms with van der Waals surface area (Å²) in [6.45, 7) is 14.2. The number of aliphatic hydroxyl groups is 11. The molecule has 1 unspecified atom stereocenters. The van der Waals surface area contributed by atoms with Crippen molar-refractivity contribution in [2.24, 2.45) is 45.3 Å². The van der Waals surface area contributed by atoms with E-state index in [4.69, 9.17) is 47.4 Å². The molecule has 4 saturated carbocycles. The Morgan fingerprint density at radius 2 is 1.24 bits per heavy atom. The highest BCUT2D eigenvalue weighted by atomic mass is 16.8.